The van der Waals surface area contributed by atoms with Crippen molar-refractivity contribution in [2.75, 3.05) is 20.2 Å². The molecule has 0 bridgehead atoms. The van der Waals surface area contributed by atoms with Gasteiger partial charge in [-0.25, -0.2) is 4.79 Å². The quantitative estimate of drug-likeness (QED) is 0.800. The van der Waals surface area contributed by atoms with Gasteiger partial charge in [0.1, 0.15) is 11.9 Å². The topological polar surface area (TPSA) is 38.8 Å². The van der Waals surface area contributed by atoms with Crippen LogP contribution in [0.25, 0.3) is 0 Å². The van der Waals surface area contributed by atoms with E-state index in [4.69, 9.17) is 9.47 Å². The zero-order valence-corrected chi connectivity index (χ0v) is 13.3. The van der Waals surface area contributed by atoms with E-state index in [9.17, 15) is 4.79 Å². The Kier molecular flexibility index (Phi) is 4.88. The van der Waals surface area contributed by atoms with Crippen LogP contribution in [0.2, 0.25) is 0 Å². The molecule has 0 spiro atoms. The number of ether oxygens (including phenoxy) is 2. The number of likely N-dealkylation sites (tertiary alicyclic amines) is 1. The maximum absolute atomic E-state index is 12.0. The van der Waals surface area contributed by atoms with Crippen LogP contribution in [-0.2, 0) is 9.53 Å². The van der Waals surface area contributed by atoms with Crippen molar-refractivity contribution in [1.29, 1.82) is 0 Å². The molecule has 0 saturated carbocycles. The first-order valence-electron chi connectivity index (χ1n) is 7.50. The van der Waals surface area contributed by atoms with Gasteiger partial charge < -0.3 is 14.4 Å². The lowest BCUT2D eigenvalue weighted by Gasteiger charge is -2.48. The van der Waals surface area contributed by atoms with Crippen molar-refractivity contribution in [3.8, 4) is 5.75 Å². The van der Waals surface area contributed by atoms with Gasteiger partial charge in [0.15, 0.2) is 6.61 Å². The van der Waals surface area contributed by atoms with Crippen LogP contribution in [-0.4, -0.2) is 42.7 Å². The Balaban J connectivity index is 1.85. The number of hydrogen-bond donors (Lipinski definition) is 0. The number of hydrogen-bond acceptors (Lipinski definition) is 4. The summed E-state index contributed by atoms with van der Waals surface area (Å²) in [6.07, 6.45) is 0.834. The predicted octanol–water partition coefficient (Wildman–Crippen LogP) is 2.73. The zero-order valence-electron chi connectivity index (χ0n) is 13.3. The molecule has 1 aromatic rings. The molecule has 21 heavy (non-hydrogen) atoms. The summed E-state index contributed by atoms with van der Waals surface area (Å²) in [5.41, 5.74) is 0.0312. The monoisotopic (exact) mass is 291 g/mol. The molecule has 1 fully saturated rings. The third-order valence-corrected chi connectivity index (χ3v) is 4.79. The van der Waals surface area contributed by atoms with E-state index in [0.29, 0.717) is 5.75 Å². The standard InChI is InChI=1S/C17H25NO3/c1-13-15(10-11-18(4)17(13,2)3)21-16(19)12-20-14-8-6-5-7-9-14/h5-9,13,15H,10-12H2,1-4H3. The minimum atomic E-state index is -0.295. The number of rotatable bonds is 4. The first kappa shape index (κ1) is 15.8. The van der Waals surface area contributed by atoms with Crippen molar-refractivity contribution in [2.45, 2.75) is 38.8 Å². The van der Waals surface area contributed by atoms with E-state index in [1.165, 1.54) is 0 Å². The molecular weight excluding hydrogens is 266 g/mol. The van der Waals surface area contributed by atoms with Crippen LogP contribution in [0.3, 0.4) is 0 Å². The van der Waals surface area contributed by atoms with Crippen molar-refractivity contribution < 1.29 is 14.3 Å². The average molecular weight is 291 g/mol. The molecular formula is C17H25NO3. The third kappa shape index (κ3) is 3.76. The molecule has 1 saturated heterocycles. The molecule has 2 rings (SSSR count). The molecule has 2 atom stereocenters. The smallest absolute Gasteiger partial charge is 0.344 e. The molecule has 4 nitrogen and oxygen atoms in total. The van der Waals surface area contributed by atoms with Crippen LogP contribution < -0.4 is 4.74 Å². The summed E-state index contributed by atoms with van der Waals surface area (Å²) in [5, 5.41) is 0. The summed E-state index contributed by atoms with van der Waals surface area (Å²) in [6.45, 7) is 7.43. The van der Waals surface area contributed by atoms with Gasteiger partial charge in [0.05, 0.1) is 0 Å². The SMILES string of the molecule is CC1C(OC(=O)COc2ccccc2)CCN(C)C1(C)C. The Morgan fingerprint density at radius 3 is 2.67 bits per heavy atom. The summed E-state index contributed by atoms with van der Waals surface area (Å²) in [4.78, 5) is 14.3. The van der Waals surface area contributed by atoms with Crippen LogP contribution in [0.5, 0.6) is 5.75 Å². The number of carbonyl (C=O) groups excluding carboxylic acids is 1. The molecule has 1 aliphatic rings. The van der Waals surface area contributed by atoms with Gasteiger partial charge >= 0.3 is 5.97 Å². The fourth-order valence-electron chi connectivity index (χ4n) is 2.68. The number of benzene rings is 1. The average Bonchev–Trinajstić information content (AvgIpc) is 2.47. The maximum Gasteiger partial charge on any atom is 0.344 e. The van der Waals surface area contributed by atoms with E-state index in [1.807, 2.05) is 30.3 Å². The molecule has 0 radical (unpaired) electrons. The second-order valence-electron chi connectivity index (χ2n) is 6.28. The molecule has 0 N–H and O–H groups in total. The minimum Gasteiger partial charge on any atom is -0.482 e. The highest BCUT2D eigenvalue weighted by atomic mass is 16.6. The summed E-state index contributed by atoms with van der Waals surface area (Å²) in [6, 6.07) is 9.32. The van der Waals surface area contributed by atoms with E-state index in [2.05, 4.69) is 32.7 Å². The van der Waals surface area contributed by atoms with Gasteiger partial charge in [-0.15, -0.1) is 0 Å². The van der Waals surface area contributed by atoms with Crippen LogP contribution in [0.1, 0.15) is 27.2 Å². The second-order valence-corrected chi connectivity index (χ2v) is 6.28. The van der Waals surface area contributed by atoms with Gasteiger partial charge in [-0.3, -0.25) is 0 Å². The van der Waals surface area contributed by atoms with Crippen molar-refractivity contribution in [3.63, 3.8) is 0 Å². The molecule has 1 heterocycles. The van der Waals surface area contributed by atoms with E-state index < -0.39 is 0 Å². The van der Waals surface area contributed by atoms with Gasteiger partial charge in [-0.1, -0.05) is 25.1 Å². The highest BCUT2D eigenvalue weighted by Gasteiger charge is 2.41. The molecule has 0 aliphatic carbocycles. The van der Waals surface area contributed by atoms with Crippen molar-refractivity contribution in [1.82, 2.24) is 4.90 Å². The number of esters is 1. The molecule has 116 valence electrons. The first-order chi connectivity index (χ1) is 9.91. The summed E-state index contributed by atoms with van der Waals surface area (Å²) >= 11 is 0. The molecule has 0 amide bonds. The molecule has 0 aromatic heterocycles. The lowest BCUT2D eigenvalue weighted by Crippen LogP contribution is -2.56. The van der Waals surface area contributed by atoms with Gasteiger partial charge in [-0.2, -0.15) is 0 Å². The van der Waals surface area contributed by atoms with E-state index in [1.54, 1.807) is 0 Å². The van der Waals surface area contributed by atoms with Gasteiger partial charge in [0.25, 0.3) is 0 Å². The van der Waals surface area contributed by atoms with Gasteiger partial charge in [0.2, 0.25) is 0 Å². The molecule has 2 unspecified atom stereocenters. The largest absolute Gasteiger partial charge is 0.482 e. The Bertz CT molecular complexity index is 472. The Labute approximate surface area is 127 Å². The predicted molar refractivity (Wildman–Crippen MR) is 82.3 cm³/mol. The first-order valence-corrected chi connectivity index (χ1v) is 7.50. The van der Waals surface area contributed by atoms with Gasteiger partial charge in [-0.05, 0) is 39.4 Å². The van der Waals surface area contributed by atoms with Crippen molar-refractivity contribution in [3.05, 3.63) is 30.3 Å². The second kappa shape index (κ2) is 6.48. The summed E-state index contributed by atoms with van der Waals surface area (Å²) in [5.74, 6) is 0.680. The Hall–Kier alpha value is -1.55. The molecule has 1 aromatic carbocycles. The maximum atomic E-state index is 12.0. The van der Waals surface area contributed by atoms with Crippen LogP contribution in [0, 0.1) is 5.92 Å². The van der Waals surface area contributed by atoms with E-state index in [0.717, 1.165) is 13.0 Å². The summed E-state index contributed by atoms with van der Waals surface area (Å²) in [7, 11) is 2.12. The fourth-order valence-corrected chi connectivity index (χ4v) is 2.68. The van der Waals surface area contributed by atoms with Crippen LogP contribution >= 0.6 is 0 Å². The van der Waals surface area contributed by atoms with Crippen molar-refractivity contribution in [2.24, 2.45) is 5.92 Å². The van der Waals surface area contributed by atoms with Crippen molar-refractivity contribution >= 4 is 5.97 Å². The number of para-hydroxylation sites is 1. The van der Waals surface area contributed by atoms with Gasteiger partial charge in [0, 0.05) is 18.0 Å². The van der Waals surface area contributed by atoms with Crippen LogP contribution in [0.4, 0.5) is 0 Å². The minimum absolute atomic E-state index is 0.0312. The highest BCUT2D eigenvalue weighted by molar-refractivity contribution is 5.71. The lowest BCUT2D eigenvalue weighted by molar-refractivity contribution is -0.161. The Morgan fingerprint density at radius 1 is 1.33 bits per heavy atom. The molecule has 4 heteroatoms. The third-order valence-electron chi connectivity index (χ3n) is 4.79. The van der Waals surface area contributed by atoms with Crippen LogP contribution in [0.15, 0.2) is 30.3 Å². The summed E-state index contributed by atoms with van der Waals surface area (Å²) < 4.78 is 11.1. The normalized spacial score (nSPS) is 25.3. The van der Waals surface area contributed by atoms with E-state index in [-0.39, 0.29) is 30.1 Å². The number of piperidine rings is 1. The number of carbonyl (C=O) groups is 1. The van der Waals surface area contributed by atoms with E-state index >= 15 is 0 Å². The Morgan fingerprint density at radius 2 is 2.00 bits per heavy atom. The fraction of sp³-hybridized carbons (Fsp3) is 0.588. The molecule has 1 aliphatic heterocycles. The highest BCUT2D eigenvalue weighted by Crippen LogP contribution is 2.33. The number of nitrogens with zero attached hydrogens (tertiary/aromatic N) is 1. The zero-order chi connectivity index (χ0) is 15.5. The lowest BCUT2D eigenvalue weighted by atomic mass is 9.79.